The van der Waals surface area contributed by atoms with E-state index in [9.17, 15) is 13.2 Å². The Morgan fingerprint density at radius 3 is 2.49 bits per heavy atom. The molecule has 0 bridgehead atoms. The van der Waals surface area contributed by atoms with E-state index in [1.807, 2.05) is 24.3 Å². The van der Waals surface area contributed by atoms with E-state index in [4.69, 9.17) is 39.8 Å². The van der Waals surface area contributed by atoms with Crippen LogP contribution in [0.2, 0.25) is 10.0 Å². The normalized spacial score (nSPS) is 14.6. The highest BCUT2D eigenvalue weighted by Crippen LogP contribution is 2.34. The standard InChI is InChI=1S/C25H24Cl2N4O4S2/c1-37(33,34)31-15-13-30(14-16-31)21-8-3-2-7-20(21)28-25(36)29-23(32)12-10-17-9-11-22(35-17)18-5-4-6-19(26)24(18)27/h2-12H,13-16H2,1H3,(H2,28,29,32,36). The largest absolute Gasteiger partial charge is 0.457 e. The zero-order valence-corrected chi connectivity index (χ0v) is 22.9. The Hall–Kier alpha value is -2.89. The highest BCUT2D eigenvalue weighted by atomic mass is 35.5. The molecule has 12 heteroatoms. The summed E-state index contributed by atoms with van der Waals surface area (Å²) in [6.45, 7) is 1.88. The van der Waals surface area contributed by atoms with E-state index in [0.717, 1.165) is 5.69 Å². The van der Waals surface area contributed by atoms with Crippen LogP contribution in [-0.2, 0) is 14.8 Å². The number of nitrogens with zero attached hydrogens (tertiary/aromatic N) is 2. The van der Waals surface area contributed by atoms with E-state index in [1.54, 1.807) is 30.3 Å². The Kier molecular flexibility index (Phi) is 8.56. The zero-order chi connectivity index (χ0) is 26.6. The molecule has 3 aromatic rings. The fraction of sp³-hybridized carbons (Fsp3) is 0.200. The van der Waals surface area contributed by atoms with Crippen molar-refractivity contribution in [3.05, 3.63) is 76.5 Å². The predicted molar refractivity (Wildman–Crippen MR) is 153 cm³/mol. The maximum atomic E-state index is 12.4. The molecule has 8 nitrogen and oxygen atoms in total. The Bertz CT molecular complexity index is 1450. The van der Waals surface area contributed by atoms with Gasteiger partial charge in [0, 0.05) is 37.8 Å². The highest BCUT2D eigenvalue weighted by Gasteiger charge is 2.24. The van der Waals surface area contributed by atoms with Gasteiger partial charge in [0.15, 0.2) is 5.11 Å². The van der Waals surface area contributed by atoms with Gasteiger partial charge < -0.3 is 14.6 Å². The quantitative estimate of drug-likeness (QED) is 0.318. The Morgan fingerprint density at radius 2 is 1.76 bits per heavy atom. The maximum Gasteiger partial charge on any atom is 0.250 e. The van der Waals surface area contributed by atoms with Crippen molar-refractivity contribution in [2.24, 2.45) is 0 Å². The second kappa shape index (κ2) is 11.7. The minimum atomic E-state index is -3.22. The number of hydrogen-bond acceptors (Lipinski definition) is 6. The van der Waals surface area contributed by atoms with Gasteiger partial charge in [-0.25, -0.2) is 8.42 Å². The number of sulfonamides is 1. The number of furan rings is 1. The van der Waals surface area contributed by atoms with Crippen molar-refractivity contribution in [3.63, 3.8) is 0 Å². The van der Waals surface area contributed by atoms with E-state index < -0.39 is 15.9 Å². The first-order chi connectivity index (χ1) is 17.6. The molecule has 1 aliphatic rings. The Balaban J connectivity index is 1.35. The van der Waals surface area contributed by atoms with Crippen molar-refractivity contribution < 1.29 is 17.6 Å². The van der Waals surface area contributed by atoms with Crippen molar-refractivity contribution in [1.29, 1.82) is 0 Å². The highest BCUT2D eigenvalue weighted by molar-refractivity contribution is 7.88. The van der Waals surface area contributed by atoms with Gasteiger partial charge in [-0.05, 0) is 54.7 Å². The van der Waals surface area contributed by atoms with Crippen LogP contribution in [0.3, 0.4) is 0 Å². The van der Waals surface area contributed by atoms with E-state index in [2.05, 4.69) is 15.5 Å². The molecule has 1 aromatic heterocycles. The van der Waals surface area contributed by atoms with E-state index in [-0.39, 0.29) is 5.11 Å². The molecular weight excluding hydrogens is 555 g/mol. The van der Waals surface area contributed by atoms with Gasteiger partial charge in [-0.15, -0.1) is 0 Å². The zero-order valence-electron chi connectivity index (χ0n) is 19.8. The van der Waals surface area contributed by atoms with Crippen LogP contribution in [0.15, 0.2) is 65.1 Å². The lowest BCUT2D eigenvalue weighted by molar-refractivity contribution is -0.115. The number of amides is 1. The topological polar surface area (TPSA) is 94.9 Å². The fourth-order valence-electron chi connectivity index (χ4n) is 3.86. The third-order valence-electron chi connectivity index (χ3n) is 5.68. The van der Waals surface area contributed by atoms with Crippen molar-refractivity contribution in [2.75, 3.05) is 42.7 Å². The average Bonchev–Trinajstić information content (AvgIpc) is 3.33. The molecule has 0 radical (unpaired) electrons. The summed E-state index contributed by atoms with van der Waals surface area (Å²) < 4.78 is 30.8. The van der Waals surface area contributed by atoms with Crippen LogP contribution in [0.4, 0.5) is 11.4 Å². The third kappa shape index (κ3) is 6.91. The molecule has 1 amide bonds. The molecule has 0 unspecified atom stereocenters. The Morgan fingerprint density at radius 1 is 1.03 bits per heavy atom. The summed E-state index contributed by atoms with van der Waals surface area (Å²) in [5.74, 6) is 0.549. The van der Waals surface area contributed by atoms with Crippen LogP contribution in [0.25, 0.3) is 17.4 Å². The summed E-state index contributed by atoms with van der Waals surface area (Å²) in [5.41, 5.74) is 2.23. The van der Waals surface area contributed by atoms with Gasteiger partial charge in [0.05, 0.1) is 27.7 Å². The summed E-state index contributed by atoms with van der Waals surface area (Å²) in [6, 6.07) is 16.2. The van der Waals surface area contributed by atoms with Gasteiger partial charge in [0.25, 0.3) is 0 Å². The van der Waals surface area contributed by atoms with E-state index >= 15 is 0 Å². The molecule has 0 saturated carbocycles. The smallest absolute Gasteiger partial charge is 0.250 e. The molecule has 194 valence electrons. The average molecular weight is 580 g/mol. The van der Waals surface area contributed by atoms with Crippen LogP contribution < -0.4 is 15.5 Å². The van der Waals surface area contributed by atoms with Crippen LogP contribution in [0.5, 0.6) is 0 Å². The number of rotatable bonds is 6. The second-order valence-electron chi connectivity index (χ2n) is 8.25. The third-order valence-corrected chi connectivity index (χ3v) is 8.01. The summed E-state index contributed by atoms with van der Waals surface area (Å²) >= 11 is 17.7. The molecule has 4 rings (SSSR count). The van der Waals surface area contributed by atoms with Crippen molar-refractivity contribution in [3.8, 4) is 11.3 Å². The molecule has 2 heterocycles. The lowest BCUT2D eigenvalue weighted by Gasteiger charge is -2.35. The number of hydrogen-bond donors (Lipinski definition) is 2. The van der Waals surface area contributed by atoms with Gasteiger partial charge in [-0.1, -0.05) is 41.4 Å². The summed E-state index contributed by atoms with van der Waals surface area (Å²) in [5, 5.41) is 6.62. The van der Waals surface area contributed by atoms with E-state index in [0.29, 0.717) is 59.0 Å². The van der Waals surface area contributed by atoms with Crippen LogP contribution >= 0.6 is 35.4 Å². The van der Waals surface area contributed by atoms with Crippen molar-refractivity contribution >= 4 is 73.9 Å². The molecule has 0 spiro atoms. The minimum Gasteiger partial charge on any atom is -0.457 e. The first-order valence-corrected chi connectivity index (χ1v) is 14.3. The first-order valence-electron chi connectivity index (χ1n) is 11.2. The number of para-hydroxylation sites is 2. The number of thiocarbonyl (C=S) groups is 1. The van der Waals surface area contributed by atoms with Crippen LogP contribution in [-0.4, -0.2) is 56.2 Å². The monoisotopic (exact) mass is 578 g/mol. The molecular formula is C25H24Cl2N4O4S2. The lowest BCUT2D eigenvalue weighted by Crippen LogP contribution is -2.48. The lowest BCUT2D eigenvalue weighted by atomic mass is 10.2. The summed E-state index contributed by atoms with van der Waals surface area (Å²) in [6.07, 6.45) is 4.05. The van der Waals surface area contributed by atoms with Crippen molar-refractivity contribution in [2.45, 2.75) is 0 Å². The van der Waals surface area contributed by atoms with Crippen LogP contribution in [0.1, 0.15) is 5.76 Å². The molecule has 37 heavy (non-hydrogen) atoms. The summed E-state index contributed by atoms with van der Waals surface area (Å²) in [7, 11) is -3.22. The minimum absolute atomic E-state index is 0.128. The number of benzene rings is 2. The number of nitrogens with one attached hydrogen (secondary N) is 2. The van der Waals surface area contributed by atoms with Gasteiger partial charge in [-0.2, -0.15) is 4.31 Å². The van der Waals surface area contributed by atoms with Crippen LogP contribution in [0, 0.1) is 0 Å². The van der Waals surface area contributed by atoms with Gasteiger partial charge in [0.2, 0.25) is 15.9 Å². The van der Waals surface area contributed by atoms with Gasteiger partial charge >= 0.3 is 0 Å². The number of carbonyl (C=O) groups excluding carboxylic acids is 1. The molecule has 0 atom stereocenters. The first kappa shape index (κ1) is 27.2. The Labute approximate surface area is 230 Å². The molecule has 1 fully saturated rings. The second-order valence-corrected chi connectivity index (χ2v) is 11.4. The molecule has 2 N–H and O–H groups in total. The maximum absolute atomic E-state index is 12.4. The predicted octanol–water partition coefficient (Wildman–Crippen LogP) is 4.86. The number of carbonyl (C=O) groups is 1. The number of halogens is 2. The number of anilines is 2. The molecule has 0 aliphatic carbocycles. The SMILES string of the molecule is CS(=O)(=O)N1CCN(c2ccccc2NC(=S)NC(=O)C=Cc2ccc(-c3cccc(Cl)c3Cl)o2)CC1. The van der Waals surface area contributed by atoms with Gasteiger partial charge in [-0.3, -0.25) is 10.1 Å². The van der Waals surface area contributed by atoms with Crippen molar-refractivity contribution in [1.82, 2.24) is 9.62 Å². The molecule has 1 saturated heterocycles. The van der Waals surface area contributed by atoms with E-state index in [1.165, 1.54) is 22.7 Å². The molecule has 2 aromatic carbocycles. The number of piperazine rings is 1. The van der Waals surface area contributed by atoms with Gasteiger partial charge in [0.1, 0.15) is 11.5 Å². The summed E-state index contributed by atoms with van der Waals surface area (Å²) in [4.78, 5) is 14.5. The fourth-order valence-corrected chi connectivity index (χ4v) is 5.29. The molecule has 1 aliphatic heterocycles.